The quantitative estimate of drug-likeness (QED) is 0.700. The van der Waals surface area contributed by atoms with Crippen LogP contribution in [0.1, 0.15) is 74.6 Å². The van der Waals surface area contributed by atoms with Gasteiger partial charge in [-0.05, 0) is 36.8 Å². The zero-order chi connectivity index (χ0) is 17.6. The molecular weight excluding hydrogens is 292 g/mol. The van der Waals surface area contributed by atoms with Crippen LogP contribution in [0.4, 0.5) is 0 Å². The first-order valence-electron chi connectivity index (χ1n) is 8.31. The molecule has 0 aliphatic rings. The van der Waals surface area contributed by atoms with Gasteiger partial charge in [-0.25, -0.2) is 9.59 Å². The molecule has 0 saturated heterocycles. The first kappa shape index (κ1) is 19.2. The Morgan fingerprint density at radius 1 is 1.09 bits per heavy atom. The number of hydrogen-bond acceptors (Lipinski definition) is 3. The zero-order valence-corrected chi connectivity index (χ0v) is 14.8. The smallest absolute Gasteiger partial charge is 0.339 e. The van der Waals surface area contributed by atoms with Crippen LogP contribution in [0.2, 0.25) is 0 Å². The first-order valence-corrected chi connectivity index (χ1v) is 8.31. The van der Waals surface area contributed by atoms with Crippen LogP contribution in [0, 0.1) is 11.8 Å². The number of carboxylic acid groups (broad SMARTS) is 1. The molecule has 0 heterocycles. The number of unbranched alkanes of at least 4 members (excludes halogenated alkanes) is 1. The number of carbonyl (C=O) groups is 2. The average Bonchev–Trinajstić information content (AvgIpc) is 2.50. The lowest BCUT2D eigenvalue weighted by molar-refractivity contribution is -0.0783. The molecule has 0 bridgehead atoms. The van der Waals surface area contributed by atoms with Crippen LogP contribution in [0.5, 0.6) is 0 Å². The number of rotatable bonds is 8. The number of carboxylic acids is 1. The van der Waals surface area contributed by atoms with Crippen LogP contribution in [-0.4, -0.2) is 22.6 Å². The van der Waals surface area contributed by atoms with Gasteiger partial charge in [-0.3, -0.25) is 0 Å². The van der Waals surface area contributed by atoms with E-state index in [2.05, 4.69) is 6.92 Å². The number of ether oxygens (including phenoxy) is 1. The number of hydrogen-bond donors (Lipinski definition) is 1. The molecule has 0 spiro atoms. The Hall–Kier alpha value is -1.84. The van der Waals surface area contributed by atoms with Crippen LogP contribution < -0.4 is 0 Å². The third kappa shape index (κ3) is 4.34. The molecule has 4 nitrogen and oxygen atoms in total. The Morgan fingerprint density at radius 2 is 1.61 bits per heavy atom. The number of benzene rings is 1. The Labute approximate surface area is 138 Å². The molecule has 0 aliphatic heterocycles. The van der Waals surface area contributed by atoms with Crippen molar-refractivity contribution in [3.8, 4) is 0 Å². The van der Waals surface area contributed by atoms with E-state index in [1.54, 1.807) is 12.1 Å². The van der Waals surface area contributed by atoms with Gasteiger partial charge in [0.05, 0.1) is 11.1 Å². The van der Waals surface area contributed by atoms with E-state index in [1.165, 1.54) is 12.1 Å². The third-order valence-corrected chi connectivity index (χ3v) is 4.54. The summed E-state index contributed by atoms with van der Waals surface area (Å²) in [7, 11) is 0. The fourth-order valence-electron chi connectivity index (χ4n) is 3.06. The fourth-order valence-corrected chi connectivity index (χ4v) is 3.06. The lowest BCUT2D eigenvalue weighted by Crippen LogP contribution is -2.45. The number of aromatic carboxylic acids is 1. The van der Waals surface area contributed by atoms with Gasteiger partial charge >= 0.3 is 11.9 Å². The summed E-state index contributed by atoms with van der Waals surface area (Å²) in [6.07, 6.45) is 2.76. The van der Waals surface area contributed by atoms with E-state index >= 15 is 0 Å². The van der Waals surface area contributed by atoms with Crippen molar-refractivity contribution in [2.45, 2.75) is 59.5 Å². The molecule has 0 aliphatic carbocycles. The highest BCUT2D eigenvalue weighted by Gasteiger charge is 2.41. The molecule has 1 N–H and O–H groups in total. The molecule has 1 aromatic carbocycles. The highest BCUT2D eigenvalue weighted by molar-refractivity contribution is 6.02. The van der Waals surface area contributed by atoms with Gasteiger partial charge in [-0.15, -0.1) is 0 Å². The fraction of sp³-hybridized carbons (Fsp3) is 0.579. The van der Waals surface area contributed by atoms with Crippen molar-refractivity contribution in [2.75, 3.05) is 0 Å². The van der Waals surface area contributed by atoms with E-state index in [1.807, 2.05) is 27.7 Å². The van der Waals surface area contributed by atoms with Crippen molar-refractivity contribution in [3.05, 3.63) is 35.4 Å². The highest BCUT2D eigenvalue weighted by Crippen LogP contribution is 2.36. The molecule has 0 amide bonds. The highest BCUT2D eigenvalue weighted by atomic mass is 16.6. The van der Waals surface area contributed by atoms with E-state index in [4.69, 9.17) is 4.74 Å². The van der Waals surface area contributed by atoms with E-state index in [9.17, 15) is 14.7 Å². The molecule has 0 radical (unpaired) electrons. The van der Waals surface area contributed by atoms with Gasteiger partial charge in [0.25, 0.3) is 0 Å². The normalized spacial score (nSPS) is 11.8. The summed E-state index contributed by atoms with van der Waals surface area (Å²) in [6.45, 7) is 10.3. The van der Waals surface area contributed by atoms with Crippen LogP contribution in [0.3, 0.4) is 0 Å². The standard InChI is InChI=1S/C19H28O4/c1-6-7-12-19(13(2)3,14(4)5)23-18(22)16-11-9-8-10-15(16)17(20)21/h8-11,13-14H,6-7,12H2,1-5H3,(H,20,21). The molecule has 4 heteroatoms. The predicted octanol–water partition coefficient (Wildman–Crippen LogP) is 4.78. The number of esters is 1. The maximum Gasteiger partial charge on any atom is 0.339 e. The summed E-state index contributed by atoms with van der Waals surface area (Å²) in [4.78, 5) is 24.0. The van der Waals surface area contributed by atoms with Gasteiger partial charge in [0.15, 0.2) is 0 Å². The third-order valence-electron chi connectivity index (χ3n) is 4.54. The van der Waals surface area contributed by atoms with E-state index < -0.39 is 17.5 Å². The van der Waals surface area contributed by atoms with Crippen LogP contribution >= 0.6 is 0 Å². The molecule has 0 saturated carbocycles. The molecule has 0 fully saturated rings. The number of carbonyl (C=O) groups excluding carboxylic acids is 1. The predicted molar refractivity (Wildman–Crippen MR) is 90.7 cm³/mol. The van der Waals surface area contributed by atoms with Crippen molar-refractivity contribution in [1.29, 1.82) is 0 Å². The largest absolute Gasteiger partial charge is 0.478 e. The zero-order valence-electron chi connectivity index (χ0n) is 14.8. The maximum atomic E-state index is 12.7. The van der Waals surface area contributed by atoms with Crippen molar-refractivity contribution in [1.82, 2.24) is 0 Å². The van der Waals surface area contributed by atoms with Gasteiger partial charge in [0.1, 0.15) is 5.60 Å². The molecular formula is C19H28O4. The Balaban J connectivity index is 3.18. The van der Waals surface area contributed by atoms with E-state index in [0.717, 1.165) is 19.3 Å². The molecule has 23 heavy (non-hydrogen) atoms. The minimum absolute atomic E-state index is 0.0191. The lowest BCUT2D eigenvalue weighted by Gasteiger charge is -2.41. The van der Waals surface area contributed by atoms with Crippen molar-refractivity contribution < 1.29 is 19.4 Å². The summed E-state index contributed by atoms with van der Waals surface area (Å²) in [5, 5.41) is 9.26. The summed E-state index contributed by atoms with van der Waals surface area (Å²) in [5.74, 6) is -1.38. The summed E-state index contributed by atoms with van der Waals surface area (Å²) in [5.41, 5.74) is -0.491. The SMILES string of the molecule is CCCCC(OC(=O)c1ccccc1C(=O)O)(C(C)C)C(C)C. The van der Waals surface area contributed by atoms with Gasteiger partial charge < -0.3 is 9.84 Å². The maximum absolute atomic E-state index is 12.7. The first-order chi connectivity index (χ1) is 10.8. The van der Waals surface area contributed by atoms with Gasteiger partial charge in [-0.1, -0.05) is 53.2 Å². The van der Waals surface area contributed by atoms with Crippen LogP contribution in [0.15, 0.2) is 24.3 Å². The second kappa shape index (κ2) is 8.14. The summed E-state index contributed by atoms with van der Waals surface area (Å²) in [6, 6.07) is 6.20. The van der Waals surface area contributed by atoms with E-state index in [-0.39, 0.29) is 23.0 Å². The van der Waals surface area contributed by atoms with Crippen LogP contribution in [-0.2, 0) is 4.74 Å². The van der Waals surface area contributed by atoms with Crippen molar-refractivity contribution >= 4 is 11.9 Å². The molecule has 1 rings (SSSR count). The topological polar surface area (TPSA) is 63.6 Å². The van der Waals surface area contributed by atoms with Crippen molar-refractivity contribution in [3.63, 3.8) is 0 Å². The Morgan fingerprint density at radius 3 is 2.04 bits per heavy atom. The Kier molecular flexibility index (Phi) is 6.79. The Bertz CT molecular complexity index is 538. The molecule has 0 aromatic heterocycles. The summed E-state index contributed by atoms with van der Waals surface area (Å²) >= 11 is 0. The molecule has 128 valence electrons. The van der Waals surface area contributed by atoms with Crippen molar-refractivity contribution in [2.24, 2.45) is 11.8 Å². The molecule has 0 atom stereocenters. The van der Waals surface area contributed by atoms with Gasteiger partial charge in [0.2, 0.25) is 0 Å². The monoisotopic (exact) mass is 320 g/mol. The second-order valence-corrected chi connectivity index (χ2v) is 6.61. The average molecular weight is 320 g/mol. The minimum Gasteiger partial charge on any atom is -0.478 e. The lowest BCUT2D eigenvalue weighted by atomic mass is 9.76. The van der Waals surface area contributed by atoms with Gasteiger partial charge in [-0.2, -0.15) is 0 Å². The second-order valence-electron chi connectivity index (χ2n) is 6.61. The van der Waals surface area contributed by atoms with Gasteiger partial charge in [0, 0.05) is 0 Å². The minimum atomic E-state index is -1.12. The van der Waals surface area contributed by atoms with Crippen LogP contribution in [0.25, 0.3) is 0 Å². The molecule has 1 aromatic rings. The van der Waals surface area contributed by atoms with E-state index in [0.29, 0.717) is 0 Å². The summed E-state index contributed by atoms with van der Waals surface area (Å²) < 4.78 is 5.94. The molecule has 0 unspecified atom stereocenters.